The molecule has 1 aliphatic heterocycles. The monoisotopic (exact) mass is 409 g/mol. The molecule has 0 saturated carbocycles. The molecule has 144 valence electrons. The second kappa shape index (κ2) is 8.48. The Morgan fingerprint density at radius 1 is 1.22 bits per heavy atom. The van der Waals surface area contributed by atoms with Crippen molar-refractivity contribution in [2.75, 3.05) is 13.2 Å². The summed E-state index contributed by atoms with van der Waals surface area (Å²) < 4.78 is 17.2. The Bertz CT molecular complexity index is 825. The fourth-order valence-electron chi connectivity index (χ4n) is 2.77. The van der Waals surface area contributed by atoms with Gasteiger partial charge in [-0.2, -0.15) is 0 Å². The third-order valence-corrected chi connectivity index (χ3v) is 4.92. The normalized spacial score (nSPS) is 18.3. The van der Waals surface area contributed by atoms with E-state index in [1.165, 1.54) is 0 Å². The van der Waals surface area contributed by atoms with E-state index in [1.54, 1.807) is 18.2 Å². The molecule has 1 aliphatic rings. The molecular formula is C20H21Cl2NO4. The van der Waals surface area contributed by atoms with E-state index in [1.807, 2.05) is 38.1 Å². The number of amides is 1. The number of halogens is 2. The first kappa shape index (κ1) is 20.0. The highest BCUT2D eigenvalue weighted by atomic mass is 35.5. The van der Waals surface area contributed by atoms with Crippen molar-refractivity contribution in [2.45, 2.75) is 32.3 Å². The Morgan fingerprint density at radius 2 is 2.00 bits per heavy atom. The van der Waals surface area contributed by atoms with Gasteiger partial charge in [-0.05, 0) is 32.0 Å². The van der Waals surface area contributed by atoms with Crippen molar-refractivity contribution in [1.82, 2.24) is 5.32 Å². The highest BCUT2D eigenvalue weighted by Crippen LogP contribution is 2.26. The number of carbonyl (C=O) groups excluding carboxylic acids is 1. The van der Waals surface area contributed by atoms with Crippen molar-refractivity contribution in [3.05, 3.63) is 63.6 Å². The van der Waals surface area contributed by atoms with Gasteiger partial charge >= 0.3 is 0 Å². The summed E-state index contributed by atoms with van der Waals surface area (Å²) in [7, 11) is 0. The molecule has 1 N–H and O–H groups in total. The number of nitrogens with one attached hydrogen (secondary N) is 1. The second-order valence-corrected chi connectivity index (χ2v) is 7.44. The van der Waals surface area contributed by atoms with Crippen molar-refractivity contribution < 1.29 is 19.0 Å². The zero-order valence-corrected chi connectivity index (χ0v) is 16.6. The average Bonchev–Trinajstić information content (AvgIpc) is 3.00. The first-order valence-electron chi connectivity index (χ1n) is 8.60. The Hall–Kier alpha value is -1.79. The Balaban J connectivity index is 1.61. The summed E-state index contributed by atoms with van der Waals surface area (Å²) in [6.45, 7) is 4.90. The van der Waals surface area contributed by atoms with Crippen LogP contribution in [0.2, 0.25) is 10.0 Å². The third kappa shape index (κ3) is 5.14. The molecule has 0 aliphatic carbocycles. The summed E-state index contributed by atoms with van der Waals surface area (Å²) in [4.78, 5) is 12.4. The van der Waals surface area contributed by atoms with Crippen molar-refractivity contribution in [1.29, 1.82) is 0 Å². The molecule has 7 heteroatoms. The van der Waals surface area contributed by atoms with Gasteiger partial charge in [0, 0.05) is 12.1 Å². The van der Waals surface area contributed by atoms with Gasteiger partial charge in [-0.15, -0.1) is 0 Å². The van der Waals surface area contributed by atoms with E-state index >= 15 is 0 Å². The zero-order valence-electron chi connectivity index (χ0n) is 15.1. The van der Waals surface area contributed by atoms with Crippen LogP contribution in [0.15, 0.2) is 42.5 Å². The van der Waals surface area contributed by atoms with Gasteiger partial charge in [0.1, 0.15) is 18.5 Å². The van der Waals surface area contributed by atoms with Crippen LogP contribution in [0.3, 0.4) is 0 Å². The summed E-state index contributed by atoms with van der Waals surface area (Å²) >= 11 is 12.1. The molecule has 1 fully saturated rings. The molecule has 27 heavy (non-hydrogen) atoms. The minimum atomic E-state index is -0.586. The van der Waals surface area contributed by atoms with Crippen molar-refractivity contribution in [3.8, 4) is 5.75 Å². The molecular weight excluding hydrogens is 389 g/mol. The van der Waals surface area contributed by atoms with Crippen molar-refractivity contribution in [3.63, 3.8) is 0 Å². The van der Waals surface area contributed by atoms with Gasteiger partial charge in [0.25, 0.3) is 5.91 Å². The highest BCUT2D eigenvalue weighted by molar-refractivity contribution is 6.43. The van der Waals surface area contributed by atoms with Crippen LogP contribution < -0.4 is 10.1 Å². The Labute approximate surface area is 168 Å². The molecule has 0 aromatic heterocycles. The lowest BCUT2D eigenvalue weighted by atomic mass is 10.1. The molecule has 1 heterocycles. The Morgan fingerprint density at radius 3 is 2.74 bits per heavy atom. The molecule has 1 amide bonds. The maximum atomic E-state index is 12.4. The molecule has 1 unspecified atom stereocenters. The third-order valence-electron chi connectivity index (χ3n) is 4.10. The minimum Gasteiger partial charge on any atom is -0.490 e. The fourth-order valence-corrected chi connectivity index (χ4v) is 3.15. The summed E-state index contributed by atoms with van der Waals surface area (Å²) in [5, 5.41) is 3.43. The van der Waals surface area contributed by atoms with Crippen LogP contribution in [-0.2, 0) is 16.0 Å². The number of para-hydroxylation sites is 1. The van der Waals surface area contributed by atoms with Crippen LogP contribution in [-0.4, -0.2) is 31.0 Å². The minimum absolute atomic E-state index is 0.132. The second-order valence-electron chi connectivity index (χ2n) is 6.65. The van der Waals surface area contributed by atoms with Gasteiger partial charge in [-0.25, -0.2) is 0 Å². The largest absolute Gasteiger partial charge is 0.490 e. The van der Waals surface area contributed by atoms with Crippen LogP contribution in [0.4, 0.5) is 0 Å². The topological polar surface area (TPSA) is 56.8 Å². The number of benzene rings is 2. The van der Waals surface area contributed by atoms with Crippen molar-refractivity contribution in [2.24, 2.45) is 0 Å². The number of hydrogen-bond donors (Lipinski definition) is 1. The lowest BCUT2D eigenvalue weighted by molar-refractivity contribution is -0.141. The summed E-state index contributed by atoms with van der Waals surface area (Å²) in [5.74, 6) is -0.201. The van der Waals surface area contributed by atoms with Crippen molar-refractivity contribution >= 4 is 29.1 Å². The van der Waals surface area contributed by atoms with E-state index in [9.17, 15) is 4.79 Å². The van der Waals surface area contributed by atoms with E-state index < -0.39 is 5.79 Å². The van der Waals surface area contributed by atoms with E-state index in [0.717, 1.165) is 5.56 Å². The van der Waals surface area contributed by atoms with E-state index in [2.05, 4.69) is 5.32 Å². The first-order chi connectivity index (χ1) is 12.9. The highest BCUT2D eigenvalue weighted by Gasteiger charge is 2.33. The molecule has 1 saturated heterocycles. The van der Waals surface area contributed by atoms with Crippen LogP contribution in [0, 0.1) is 0 Å². The fraction of sp³-hybridized carbons (Fsp3) is 0.350. The smallest absolute Gasteiger partial charge is 0.253 e. The first-order valence-corrected chi connectivity index (χ1v) is 9.36. The van der Waals surface area contributed by atoms with Gasteiger partial charge in [0.2, 0.25) is 0 Å². The number of rotatable bonds is 6. The van der Waals surface area contributed by atoms with Gasteiger partial charge in [-0.1, -0.05) is 47.5 Å². The lowest BCUT2D eigenvalue weighted by Crippen LogP contribution is -2.26. The molecule has 3 rings (SSSR count). The molecule has 5 nitrogen and oxygen atoms in total. The Kier molecular flexibility index (Phi) is 6.27. The summed E-state index contributed by atoms with van der Waals surface area (Å²) in [5.41, 5.74) is 1.18. The summed E-state index contributed by atoms with van der Waals surface area (Å²) in [6.07, 6.45) is -0.132. The van der Waals surface area contributed by atoms with Gasteiger partial charge in [-0.3, -0.25) is 4.79 Å². The molecule has 0 radical (unpaired) electrons. The molecule has 0 spiro atoms. The zero-order chi connectivity index (χ0) is 19.4. The molecule has 0 bridgehead atoms. The van der Waals surface area contributed by atoms with Crippen LogP contribution >= 0.6 is 23.2 Å². The maximum absolute atomic E-state index is 12.4. The molecule has 2 aromatic rings. The number of carbonyl (C=O) groups is 1. The van der Waals surface area contributed by atoms with Gasteiger partial charge in [0.05, 0.1) is 22.2 Å². The average molecular weight is 410 g/mol. The summed E-state index contributed by atoms with van der Waals surface area (Å²) in [6, 6.07) is 12.5. The number of ether oxygens (including phenoxy) is 3. The van der Waals surface area contributed by atoms with Crippen LogP contribution in [0.1, 0.15) is 29.8 Å². The number of hydrogen-bond acceptors (Lipinski definition) is 4. The van der Waals surface area contributed by atoms with Crippen LogP contribution in [0.25, 0.3) is 0 Å². The lowest BCUT2D eigenvalue weighted by Gasteiger charge is -2.18. The molecule has 1 atom stereocenters. The maximum Gasteiger partial charge on any atom is 0.253 e. The van der Waals surface area contributed by atoms with Gasteiger partial charge in [0.15, 0.2) is 5.79 Å². The quantitative estimate of drug-likeness (QED) is 0.765. The van der Waals surface area contributed by atoms with E-state index in [0.29, 0.717) is 36.1 Å². The predicted octanol–water partition coefficient (Wildman–Crippen LogP) is 4.45. The van der Waals surface area contributed by atoms with Gasteiger partial charge < -0.3 is 19.5 Å². The SMILES string of the molecule is CC1(C)OCC(COc2ccccc2CNC(=O)c2cccc(Cl)c2Cl)O1. The standard InChI is InChI=1S/C20H21Cl2NO4/c1-20(2)26-12-14(27-20)11-25-17-9-4-3-6-13(17)10-23-19(24)15-7-5-8-16(21)18(15)22/h3-9,14H,10-12H2,1-2H3,(H,23,24). The van der Waals surface area contributed by atoms with E-state index in [-0.39, 0.29) is 17.0 Å². The predicted molar refractivity (Wildman–Crippen MR) is 104 cm³/mol. The van der Waals surface area contributed by atoms with Crippen LogP contribution in [0.5, 0.6) is 5.75 Å². The van der Waals surface area contributed by atoms with E-state index in [4.69, 9.17) is 37.4 Å². The molecule has 2 aromatic carbocycles.